The first-order valence-electron chi connectivity index (χ1n) is 5.53. The van der Waals surface area contributed by atoms with Crippen LogP contribution in [0.15, 0.2) is 0 Å². The number of amidine groups is 1. The first-order valence-corrected chi connectivity index (χ1v) is 5.53. The summed E-state index contributed by atoms with van der Waals surface area (Å²) in [6.45, 7) is 4.22. The van der Waals surface area contributed by atoms with Gasteiger partial charge in [0.1, 0.15) is 0 Å². The van der Waals surface area contributed by atoms with Crippen LogP contribution in [0.1, 0.15) is 19.8 Å². The fourth-order valence-corrected chi connectivity index (χ4v) is 1.69. The van der Waals surface area contributed by atoms with Crippen molar-refractivity contribution in [3.05, 3.63) is 0 Å². The molecule has 0 saturated heterocycles. The summed E-state index contributed by atoms with van der Waals surface area (Å²) >= 11 is 0. The minimum absolute atomic E-state index is 0.262. The average Bonchev–Trinajstić information content (AvgIpc) is 3.01. The predicted octanol–water partition coefficient (Wildman–Crippen LogP) is 1.36. The predicted molar refractivity (Wildman–Crippen MR) is 60.4 cm³/mol. The SMILES string of the molecule is COCCN(C(=N)C1CC1)C(C)COC. The topological polar surface area (TPSA) is 45.5 Å². The minimum Gasteiger partial charge on any atom is -0.383 e. The lowest BCUT2D eigenvalue weighted by Crippen LogP contribution is -2.43. The van der Waals surface area contributed by atoms with E-state index in [2.05, 4.69) is 11.8 Å². The van der Waals surface area contributed by atoms with Crippen LogP contribution in [0.5, 0.6) is 0 Å². The summed E-state index contributed by atoms with van der Waals surface area (Å²) in [4.78, 5) is 2.10. The van der Waals surface area contributed by atoms with Crippen molar-refractivity contribution < 1.29 is 9.47 Å². The number of nitrogens with one attached hydrogen (secondary N) is 1. The maximum Gasteiger partial charge on any atom is 0.0993 e. The Bertz CT molecular complexity index is 205. The highest BCUT2D eigenvalue weighted by Gasteiger charge is 2.31. The van der Waals surface area contributed by atoms with E-state index in [4.69, 9.17) is 14.9 Å². The molecule has 0 aromatic rings. The maximum atomic E-state index is 8.07. The molecule has 0 heterocycles. The number of hydrogen-bond acceptors (Lipinski definition) is 3. The van der Waals surface area contributed by atoms with Crippen molar-refractivity contribution in [2.75, 3.05) is 34.0 Å². The van der Waals surface area contributed by atoms with Gasteiger partial charge in [-0.2, -0.15) is 0 Å². The second kappa shape index (κ2) is 6.08. The number of nitrogens with zero attached hydrogens (tertiary/aromatic N) is 1. The van der Waals surface area contributed by atoms with Gasteiger partial charge in [0, 0.05) is 26.7 Å². The first kappa shape index (κ1) is 12.5. The summed E-state index contributed by atoms with van der Waals surface area (Å²) in [6, 6.07) is 0.262. The van der Waals surface area contributed by atoms with E-state index in [0.29, 0.717) is 19.1 Å². The zero-order valence-corrected chi connectivity index (χ0v) is 9.95. The molecule has 0 radical (unpaired) electrons. The third-order valence-corrected chi connectivity index (χ3v) is 2.75. The number of ether oxygens (including phenoxy) is 2. The molecular formula is C11H22N2O2. The lowest BCUT2D eigenvalue weighted by Gasteiger charge is -2.31. The summed E-state index contributed by atoms with van der Waals surface area (Å²) in [7, 11) is 3.39. The quantitative estimate of drug-likeness (QED) is 0.514. The molecule has 1 saturated carbocycles. The Morgan fingerprint density at radius 1 is 1.40 bits per heavy atom. The normalized spacial score (nSPS) is 17.5. The van der Waals surface area contributed by atoms with Crippen molar-refractivity contribution in [1.82, 2.24) is 4.90 Å². The van der Waals surface area contributed by atoms with Gasteiger partial charge in [-0.1, -0.05) is 0 Å². The van der Waals surface area contributed by atoms with Crippen molar-refractivity contribution in [2.24, 2.45) is 5.92 Å². The van der Waals surface area contributed by atoms with Crippen molar-refractivity contribution in [3.63, 3.8) is 0 Å². The summed E-state index contributed by atoms with van der Waals surface area (Å²) < 4.78 is 10.2. The van der Waals surface area contributed by atoms with E-state index < -0.39 is 0 Å². The monoisotopic (exact) mass is 214 g/mol. The molecule has 1 rings (SSSR count). The average molecular weight is 214 g/mol. The molecule has 0 bridgehead atoms. The largest absolute Gasteiger partial charge is 0.383 e. The number of hydrogen-bond donors (Lipinski definition) is 1. The molecule has 0 aliphatic heterocycles. The molecule has 1 unspecified atom stereocenters. The Morgan fingerprint density at radius 2 is 2.07 bits per heavy atom. The van der Waals surface area contributed by atoms with Crippen molar-refractivity contribution in [1.29, 1.82) is 5.41 Å². The molecule has 88 valence electrons. The summed E-state index contributed by atoms with van der Waals surface area (Å²) in [5.74, 6) is 1.25. The van der Waals surface area contributed by atoms with Crippen LogP contribution in [0.3, 0.4) is 0 Å². The van der Waals surface area contributed by atoms with E-state index in [9.17, 15) is 0 Å². The highest BCUT2D eigenvalue weighted by atomic mass is 16.5. The van der Waals surface area contributed by atoms with Gasteiger partial charge in [0.2, 0.25) is 0 Å². The first-order chi connectivity index (χ1) is 7.20. The third-order valence-electron chi connectivity index (χ3n) is 2.75. The van der Waals surface area contributed by atoms with Gasteiger partial charge in [-0.3, -0.25) is 5.41 Å². The lowest BCUT2D eigenvalue weighted by molar-refractivity contribution is 0.111. The fourth-order valence-electron chi connectivity index (χ4n) is 1.69. The highest BCUT2D eigenvalue weighted by molar-refractivity contribution is 5.84. The van der Waals surface area contributed by atoms with E-state index in [0.717, 1.165) is 12.4 Å². The second-order valence-corrected chi connectivity index (χ2v) is 4.15. The molecule has 0 spiro atoms. The Balaban J connectivity index is 2.46. The van der Waals surface area contributed by atoms with Crippen LogP contribution in [-0.4, -0.2) is 50.8 Å². The molecule has 1 atom stereocenters. The van der Waals surface area contributed by atoms with Crippen LogP contribution >= 0.6 is 0 Å². The Labute approximate surface area is 92.1 Å². The summed E-state index contributed by atoms with van der Waals surface area (Å²) in [5, 5.41) is 8.07. The lowest BCUT2D eigenvalue weighted by atomic mass is 10.2. The van der Waals surface area contributed by atoms with Gasteiger partial charge in [0.15, 0.2) is 0 Å². The van der Waals surface area contributed by atoms with Gasteiger partial charge in [-0.05, 0) is 19.8 Å². The van der Waals surface area contributed by atoms with E-state index >= 15 is 0 Å². The minimum atomic E-state index is 0.262. The summed E-state index contributed by atoms with van der Waals surface area (Å²) in [6.07, 6.45) is 2.34. The van der Waals surface area contributed by atoms with Gasteiger partial charge < -0.3 is 14.4 Å². The molecule has 15 heavy (non-hydrogen) atoms. The van der Waals surface area contributed by atoms with Crippen LogP contribution in [0, 0.1) is 11.3 Å². The van der Waals surface area contributed by atoms with E-state index in [-0.39, 0.29) is 6.04 Å². The van der Waals surface area contributed by atoms with E-state index in [1.54, 1.807) is 14.2 Å². The molecule has 0 aromatic heterocycles. The Hall–Kier alpha value is -0.610. The van der Waals surface area contributed by atoms with Gasteiger partial charge in [0.05, 0.1) is 25.1 Å². The fraction of sp³-hybridized carbons (Fsp3) is 0.909. The van der Waals surface area contributed by atoms with E-state index in [1.165, 1.54) is 12.8 Å². The standard InChI is InChI=1S/C11H22N2O2/c1-9(8-15-3)13(6-7-14-2)11(12)10-4-5-10/h9-10,12H,4-8H2,1-3H3. The molecular weight excluding hydrogens is 192 g/mol. The van der Waals surface area contributed by atoms with Crippen LogP contribution < -0.4 is 0 Å². The molecule has 1 aliphatic rings. The van der Waals surface area contributed by atoms with Crippen molar-refractivity contribution in [3.8, 4) is 0 Å². The van der Waals surface area contributed by atoms with E-state index in [1.807, 2.05) is 0 Å². The van der Waals surface area contributed by atoms with Gasteiger partial charge >= 0.3 is 0 Å². The molecule has 0 amide bonds. The summed E-state index contributed by atoms with van der Waals surface area (Å²) in [5.41, 5.74) is 0. The van der Waals surface area contributed by atoms with Crippen LogP contribution in [0.2, 0.25) is 0 Å². The molecule has 0 aromatic carbocycles. The zero-order chi connectivity index (χ0) is 11.3. The molecule has 1 N–H and O–H groups in total. The number of rotatable bonds is 7. The third kappa shape index (κ3) is 3.80. The van der Waals surface area contributed by atoms with Gasteiger partial charge in [-0.15, -0.1) is 0 Å². The zero-order valence-electron chi connectivity index (χ0n) is 9.95. The molecule has 1 aliphatic carbocycles. The Kier molecular flexibility index (Phi) is 5.05. The van der Waals surface area contributed by atoms with Crippen molar-refractivity contribution >= 4 is 5.84 Å². The maximum absolute atomic E-state index is 8.07. The second-order valence-electron chi connectivity index (χ2n) is 4.15. The molecule has 4 heteroatoms. The number of methoxy groups -OCH3 is 2. The van der Waals surface area contributed by atoms with Crippen LogP contribution in [0.4, 0.5) is 0 Å². The van der Waals surface area contributed by atoms with Gasteiger partial charge in [-0.25, -0.2) is 0 Å². The molecule has 1 fully saturated rings. The smallest absolute Gasteiger partial charge is 0.0993 e. The van der Waals surface area contributed by atoms with Gasteiger partial charge in [0.25, 0.3) is 0 Å². The van der Waals surface area contributed by atoms with Crippen molar-refractivity contribution in [2.45, 2.75) is 25.8 Å². The highest BCUT2D eigenvalue weighted by Crippen LogP contribution is 2.31. The molecule has 4 nitrogen and oxygen atoms in total. The Morgan fingerprint density at radius 3 is 2.53 bits per heavy atom. The van der Waals surface area contributed by atoms with Crippen LogP contribution in [0.25, 0.3) is 0 Å². The van der Waals surface area contributed by atoms with Crippen LogP contribution in [-0.2, 0) is 9.47 Å².